The van der Waals surface area contributed by atoms with Crippen molar-refractivity contribution in [3.05, 3.63) is 0 Å². The summed E-state index contributed by atoms with van der Waals surface area (Å²) >= 11 is 2.14. The van der Waals surface area contributed by atoms with Crippen molar-refractivity contribution in [3.63, 3.8) is 0 Å². The second-order valence-corrected chi connectivity index (χ2v) is 6.07. The number of thioether (sulfide) groups is 1. The predicted molar refractivity (Wildman–Crippen MR) is 57.8 cm³/mol. The molecule has 1 aliphatic rings. The summed E-state index contributed by atoms with van der Waals surface area (Å²) in [5, 5.41) is 1.69. The Bertz CT molecular complexity index is 134. The van der Waals surface area contributed by atoms with Crippen molar-refractivity contribution in [2.45, 2.75) is 50.7 Å². The summed E-state index contributed by atoms with van der Waals surface area (Å²) in [5.74, 6) is 0. The highest BCUT2D eigenvalue weighted by molar-refractivity contribution is 8.00. The van der Waals surface area contributed by atoms with E-state index in [0.717, 1.165) is 16.5 Å². The number of hydrogen-bond donors (Lipinski definition) is 0. The molecule has 0 N–H and O–H groups in total. The van der Waals surface area contributed by atoms with E-state index in [1.807, 2.05) is 0 Å². The van der Waals surface area contributed by atoms with Crippen LogP contribution in [0.5, 0.6) is 0 Å². The molecule has 0 spiro atoms. The van der Waals surface area contributed by atoms with Gasteiger partial charge in [0.1, 0.15) is 0 Å². The molecule has 12 heavy (non-hydrogen) atoms. The second-order valence-electron chi connectivity index (χ2n) is 4.18. The fourth-order valence-electron chi connectivity index (χ4n) is 1.72. The number of rotatable bonds is 3. The van der Waals surface area contributed by atoms with Gasteiger partial charge in [-0.05, 0) is 32.1 Å². The third-order valence-corrected chi connectivity index (χ3v) is 3.69. The van der Waals surface area contributed by atoms with Crippen LogP contribution in [0.15, 0.2) is 0 Å². The van der Waals surface area contributed by atoms with E-state index in [1.54, 1.807) is 0 Å². The summed E-state index contributed by atoms with van der Waals surface area (Å²) in [6.45, 7) is 11.8. The standard InChI is InChI=1S/C10H21NS/c1-8(2)11-6-5-10(7-11)12-9(3)4/h8-10H,5-7H2,1-4H3/t10-/m0/s1. The minimum atomic E-state index is 0.739. The number of hydrogen-bond acceptors (Lipinski definition) is 2. The summed E-state index contributed by atoms with van der Waals surface area (Å²) in [6.07, 6.45) is 1.39. The molecular formula is C10H21NS. The average molecular weight is 187 g/mol. The van der Waals surface area contributed by atoms with Crippen LogP contribution in [-0.2, 0) is 0 Å². The lowest BCUT2D eigenvalue weighted by Crippen LogP contribution is -2.28. The minimum absolute atomic E-state index is 0.739. The Kier molecular flexibility index (Phi) is 3.91. The fraction of sp³-hybridized carbons (Fsp3) is 1.00. The zero-order valence-corrected chi connectivity index (χ0v) is 9.53. The van der Waals surface area contributed by atoms with Crippen LogP contribution in [0.25, 0.3) is 0 Å². The molecule has 1 heterocycles. The van der Waals surface area contributed by atoms with Gasteiger partial charge in [0.15, 0.2) is 0 Å². The van der Waals surface area contributed by atoms with Crippen LogP contribution < -0.4 is 0 Å². The van der Waals surface area contributed by atoms with E-state index in [2.05, 4.69) is 44.4 Å². The molecule has 1 atom stereocenters. The molecule has 0 saturated carbocycles. The molecule has 72 valence electrons. The van der Waals surface area contributed by atoms with Gasteiger partial charge < -0.3 is 0 Å². The minimum Gasteiger partial charge on any atom is -0.300 e. The largest absolute Gasteiger partial charge is 0.300 e. The first-order chi connectivity index (χ1) is 5.59. The van der Waals surface area contributed by atoms with E-state index in [9.17, 15) is 0 Å². The smallest absolute Gasteiger partial charge is 0.0189 e. The molecule has 1 fully saturated rings. The first-order valence-electron chi connectivity index (χ1n) is 4.99. The van der Waals surface area contributed by atoms with Crippen LogP contribution in [0.2, 0.25) is 0 Å². The van der Waals surface area contributed by atoms with Gasteiger partial charge in [0.25, 0.3) is 0 Å². The van der Waals surface area contributed by atoms with E-state index in [-0.39, 0.29) is 0 Å². The molecule has 1 saturated heterocycles. The lowest BCUT2D eigenvalue weighted by molar-refractivity contribution is 0.277. The van der Waals surface area contributed by atoms with Crippen LogP contribution in [0.3, 0.4) is 0 Å². The monoisotopic (exact) mass is 187 g/mol. The van der Waals surface area contributed by atoms with Gasteiger partial charge in [-0.1, -0.05) is 13.8 Å². The highest BCUT2D eigenvalue weighted by atomic mass is 32.2. The van der Waals surface area contributed by atoms with Gasteiger partial charge in [0, 0.05) is 17.8 Å². The fourth-order valence-corrected chi connectivity index (χ4v) is 3.01. The van der Waals surface area contributed by atoms with Crippen molar-refractivity contribution >= 4 is 11.8 Å². The van der Waals surface area contributed by atoms with E-state index in [1.165, 1.54) is 19.5 Å². The highest BCUT2D eigenvalue weighted by Crippen LogP contribution is 2.26. The highest BCUT2D eigenvalue weighted by Gasteiger charge is 2.24. The summed E-state index contributed by atoms with van der Waals surface area (Å²) in [4.78, 5) is 2.58. The van der Waals surface area contributed by atoms with Gasteiger partial charge >= 0.3 is 0 Å². The quantitative estimate of drug-likeness (QED) is 0.668. The molecule has 0 aliphatic carbocycles. The van der Waals surface area contributed by atoms with Gasteiger partial charge in [-0.3, -0.25) is 4.90 Å². The van der Waals surface area contributed by atoms with Crippen LogP contribution in [0.1, 0.15) is 34.1 Å². The maximum Gasteiger partial charge on any atom is 0.0189 e. The molecule has 0 unspecified atom stereocenters. The van der Waals surface area contributed by atoms with Crippen molar-refractivity contribution in [1.29, 1.82) is 0 Å². The molecule has 2 heteroatoms. The van der Waals surface area contributed by atoms with Crippen LogP contribution in [0, 0.1) is 0 Å². The molecule has 0 aromatic rings. The zero-order valence-electron chi connectivity index (χ0n) is 8.71. The average Bonchev–Trinajstić information content (AvgIpc) is 2.34. The topological polar surface area (TPSA) is 3.24 Å². The lowest BCUT2D eigenvalue weighted by Gasteiger charge is -2.20. The van der Waals surface area contributed by atoms with Crippen molar-refractivity contribution in [1.82, 2.24) is 4.90 Å². The first-order valence-corrected chi connectivity index (χ1v) is 5.93. The molecule has 0 aromatic carbocycles. The summed E-state index contributed by atoms with van der Waals surface area (Å²) in [7, 11) is 0. The third kappa shape index (κ3) is 2.98. The maximum atomic E-state index is 2.58. The molecule has 1 nitrogen and oxygen atoms in total. The molecule has 1 aliphatic heterocycles. The summed E-state index contributed by atoms with van der Waals surface area (Å²) in [5.41, 5.74) is 0. The van der Waals surface area contributed by atoms with Crippen molar-refractivity contribution in [2.75, 3.05) is 13.1 Å². The van der Waals surface area contributed by atoms with Crippen LogP contribution >= 0.6 is 11.8 Å². The number of likely N-dealkylation sites (tertiary alicyclic amines) is 1. The maximum absolute atomic E-state index is 2.58. The van der Waals surface area contributed by atoms with E-state index >= 15 is 0 Å². The Morgan fingerprint density at radius 2 is 1.92 bits per heavy atom. The molecule has 0 radical (unpaired) electrons. The van der Waals surface area contributed by atoms with Gasteiger partial charge in [0.05, 0.1) is 0 Å². The lowest BCUT2D eigenvalue weighted by atomic mass is 10.3. The predicted octanol–water partition coefficient (Wildman–Crippen LogP) is 2.61. The van der Waals surface area contributed by atoms with Crippen LogP contribution in [0.4, 0.5) is 0 Å². The Labute approximate surface area is 80.9 Å². The molecule has 1 rings (SSSR count). The molecule has 0 aromatic heterocycles. The summed E-state index contributed by atoms with van der Waals surface area (Å²) < 4.78 is 0. The molecule has 0 bridgehead atoms. The second kappa shape index (κ2) is 4.52. The first kappa shape index (κ1) is 10.4. The molecular weight excluding hydrogens is 166 g/mol. The third-order valence-electron chi connectivity index (χ3n) is 2.37. The van der Waals surface area contributed by atoms with E-state index in [0.29, 0.717) is 0 Å². The van der Waals surface area contributed by atoms with Crippen LogP contribution in [-0.4, -0.2) is 34.5 Å². The Morgan fingerprint density at radius 3 is 2.33 bits per heavy atom. The SMILES string of the molecule is CC(C)S[C@H]1CCN(C(C)C)C1. The van der Waals surface area contributed by atoms with Gasteiger partial charge in [0.2, 0.25) is 0 Å². The van der Waals surface area contributed by atoms with E-state index in [4.69, 9.17) is 0 Å². The van der Waals surface area contributed by atoms with Gasteiger partial charge in [-0.15, -0.1) is 0 Å². The van der Waals surface area contributed by atoms with Crippen molar-refractivity contribution < 1.29 is 0 Å². The van der Waals surface area contributed by atoms with Crippen molar-refractivity contribution in [2.24, 2.45) is 0 Å². The van der Waals surface area contributed by atoms with E-state index < -0.39 is 0 Å². The van der Waals surface area contributed by atoms with Gasteiger partial charge in [-0.25, -0.2) is 0 Å². The molecule has 0 amide bonds. The Balaban J connectivity index is 2.26. The van der Waals surface area contributed by atoms with Gasteiger partial charge in [-0.2, -0.15) is 11.8 Å². The Hall–Kier alpha value is 0.310. The normalized spacial score (nSPS) is 26.0. The zero-order chi connectivity index (χ0) is 9.14. The summed E-state index contributed by atoms with van der Waals surface area (Å²) in [6, 6.07) is 0.739. The number of nitrogens with zero attached hydrogens (tertiary/aromatic N) is 1. The van der Waals surface area contributed by atoms with Crippen molar-refractivity contribution in [3.8, 4) is 0 Å². The Morgan fingerprint density at radius 1 is 1.25 bits per heavy atom.